The maximum atomic E-state index is 2.40. The minimum atomic E-state index is 1.24. The number of hydrogen-bond donors (Lipinski definition) is 0. The van der Waals surface area contributed by atoms with Crippen LogP contribution in [0.4, 0.5) is 0 Å². The second kappa shape index (κ2) is 11.9. The van der Waals surface area contributed by atoms with E-state index in [1.807, 2.05) is 34.0 Å². The molecule has 6 aromatic carbocycles. The maximum absolute atomic E-state index is 2.40. The van der Waals surface area contributed by atoms with E-state index in [2.05, 4.69) is 170 Å². The van der Waals surface area contributed by atoms with Crippen LogP contribution in [0.3, 0.4) is 0 Å². The molecule has 0 atom stereocenters. The molecule has 3 heteroatoms. The molecule has 0 saturated heterocycles. The van der Waals surface area contributed by atoms with E-state index in [-0.39, 0.29) is 0 Å². The lowest BCUT2D eigenvalue weighted by molar-refractivity contribution is 1.59. The number of thiophene rings is 3. The van der Waals surface area contributed by atoms with Crippen molar-refractivity contribution in [3.05, 3.63) is 170 Å². The standard InChI is InChI=1S/C44H28S3/c1-3-13-29(14-4-1)31-17-11-19-33(25-31)35-21-7-9-23-37(35)39-27-41-43(46-39)44-42(45-41)28-40(47-44)38-24-10-8-22-36(38)34-20-12-18-32(26-34)30-15-5-2-6-16-30/h1-28H. The van der Waals surface area contributed by atoms with Crippen LogP contribution in [0.5, 0.6) is 0 Å². The molecular formula is C44H28S3. The molecule has 0 fully saturated rings. The first kappa shape index (κ1) is 28.2. The van der Waals surface area contributed by atoms with Crippen molar-refractivity contribution in [3.63, 3.8) is 0 Å². The summed E-state index contributed by atoms with van der Waals surface area (Å²) in [6.07, 6.45) is 0. The molecule has 222 valence electrons. The fourth-order valence-electron chi connectivity index (χ4n) is 6.49. The predicted octanol–water partition coefficient (Wildman–Crippen LogP) is 14.2. The first-order chi connectivity index (χ1) is 23.3. The van der Waals surface area contributed by atoms with E-state index in [1.165, 1.54) is 84.2 Å². The van der Waals surface area contributed by atoms with Gasteiger partial charge in [0, 0.05) is 19.2 Å². The Morgan fingerprint density at radius 3 is 1.06 bits per heavy atom. The number of fused-ring (bicyclic) bond motifs is 3. The van der Waals surface area contributed by atoms with Crippen molar-refractivity contribution in [1.82, 2.24) is 0 Å². The summed E-state index contributed by atoms with van der Waals surface area (Å²) < 4.78 is 5.53. The molecule has 0 N–H and O–H groups in total. The van der Waals surface area contributed by atoms with Gasteiger partial charge in [-0.3, -0.25) is 0 Å². The summed E-state index contributed by atoms with van der Waals surface area (Å²) in [4.78, 5) is 2.64. The van der Waals surface area contributed by atoms with E-state index in [0.717, 1.165) is 0 Å². The molecule has 3 heterocycles. The first-order valence-corrected chi connectivity index (χ1v) is 18.2. The van der Waals surface area contributed by atoms with Crippen molar-refractivity contribution in [1.29, 1.82) is 0 Å². The highest BCUT2D eigenvalue weighted by atomic mass is 32.1. The Morgan fingerprint density at radius 2 is 0.617 bits per heavy atom. The smallest absolute Gasteiger partial charge is 0.0636 e. The summed E-state index contributed by atoms with van der Waals surface area (Å²) in [5.41, 5.74) is 12.6. The average molecular weight is 653 g/mol. The second-order valence-electron chi connectivity index (χ2n) is 11.7. The van der Waals surface area contributed by atoms with Gasteiger partial charge < -0.3 is 0 Å². The molecule has 0 aliphatic carbocycles. The largest absolute Gasteiger partial charge is 0.133 e. The molecule has 9 rings (SSSR count). The van der Waals surface area contributed by atoms with Crippen LogP contribution < -0.4 is 0 Å². The number of benzene rings is 6. The molecule has 3 aromatic heterocycles. The average Bonchev–Trinajstić information content (AvgIpc) is 3.84. The van der Waals surface area contributed by atoms with Gasteiger partial charge in [-0.05, 0) is 79.9 Å². The van der Waals surface area contributed by atoms with Gasteiger partial charge >= 0.3 is 0 Å². The molecule has 0 spiro atoms. The topological polar surface area (TPSA) is 0 Å². The predicted molar refractivity (Wildman–Crippen MR) is 208 cm³/mol. The molecular weight excluding hydrogens is 625 g/mol. The van der Waals surface area contributed by atoms with Crippen LogP contribution in [0.25, 0.3) is 84.2 Å². The fraction of sp³-hybridized carbons (Fsp3) is 0. The zero-order valence-corrected chi connectivity index (χ0v) is 27.8. The Bertz CT molecular complexity index is 2340. The maximum Gasteiger partial charge on any atom is 0.0636 e. The molecule has 0 nitrogen and oxygen atoms in total. The molecule has 0 saturated carbocycles. The Kier molecular flexibility index (Phi) is 7.16. The highest BCUT2D eigenvalue weighted by Crippen LogP contribution is 2.50. The summed E-state index contributed by atoms with van der Waals surface area (Å²) in [7, 11) is 0. The van der Waals surface area contributed by atoms with E-state index in [4.69, 9.17) is 0 Å². The lowest BCUT2D eigenvalue weighted by atomic mass is 9.95. The van der Waals surface area contributed by atoms with Crippen molar-refractivity contribution in [2.24, 2.45) is 0 Å². The van der Waals surface area contributed by atoms with Crippen molar-refractivity contribution in [3.8, 4) is 65.4 Å². The molecule has 0 radical (unpaired) electrons. The molecule has 9 aromatic rings. The monoisotopic (exact) mass is 652 g/mol. The minimum Gasteiger partial charge on any atom is -0.133 e. The van der Waals surface area contributed by atoms with Crippen LogP contribution in [0.1, 0.15) is 0 Å². The highest BCUT2D eigenvalue weighted by molar-refractivity contribution is 7.40. The van der Waals surface area contributed by atoms with Gasteiger partial charge in [0.1, 0.15) is 0 Å². The van der Waals surface area contributed by atoms with Gasteiger partial charge in [0.05, 0.1) is 9.40 Å². The van der Waals surface area contributed by atoms with Crippen molar-refractivity contribution in [2.45, 2.75) is 0 Å². The highest BCUT2D eigenvalue weighted by Gasteiger charge is 2.18. The third-order valence-electron chi connectivity index (χ3n) is 8.77. The summed E-state index contributed by atoms with van der Waals surface area (Å²) in [5, 5.41) is 0. The van der Waals surface area contributed by atoms with Gasteiger partial charge in [0.15, 0.2) is 0 Å². The zero-order valence-electron chi connectivity index (χ0n) is 25.4. The fourth-order valence-corrected chi connectivity index (χ4v) is 10.6. The van der Waals surface area contributed by atoms with Gasteiger partial charge in [-0.25, -0.2) is 0 Å². The third kappa shape index (κ3) is 5.23. The lowest BCUT2D eigenvalue weighted by Gasteiger charge is -2.10. The molecule has 0 aliphatic rings. The summed E-state index contributed by atoms with van der Waals surface area (Å²) in [6, 6.07) is 61.6. The van der Waals surface area contributed by atoms with Crippen molar-refractivity contribution >= 4 is 52.8 Å². The van der Waals surface area contributed by atoms with Gasteiger partial charge in [-0.1, -0.05) is 146 Å². The van der Waals surface area contributed by atoms with Gasteiger partial charge in [0.2, 0.25) is 0 Å². The van der Waals surface area contributed by atoms with E-state index in [1.54, 1.807) is 0 Å². The van der Waals surface area contributed by atoms with E-state index in [9.17, 15) is 0 Å². The SMILES string of the molecule is c1ccc(-c2cccc(-c3ccccc3-c3cc4sc5cc(-c6ccccc6-c6cccc(-c7ccccc7)c6)sc5c4s3)c2)cc1. The number of hydrogen-bond acceptors (Lipinski definition) is 3. The molecule has 0 amide bonds. The Balaban J connectivity index is 1.10. The summed E-state index contributed by atoms with van der Waals surface area (Å²) in [6.45, 7) is 0. The Hall–Kier alpha value is -5.06. The van der Waals surface area contributed by atoms with Gasteiger partial charge in [-0.15, -0.1) is 34.0 Å². The van der Waals surface area contributed by atoms with Crippen LogP contribution in [0.2, 0.25) is 0 Å². The van der Waals surface area contributed by atoms with Crippen LogP contribution in [-0.4, -0.2) is 0 Å². The normalized spacial score (nSPS) is 11.4. The Labute approximate surface area is 286 Å². The summed E-state index contributed by atoms with van der Waals surface area (Å²) in [5.74, 6) is 0. The van der Waals surface area contributed by atoms with Crippen molar-refractivity contribution in [2.75, 3.05) is 0 Å². The van der Waals surface area contributed by atoms with Gasteiger partial charge in [-0.2, -0.15) is 0 Å². The molecule has 0 bridgehead atoms. The second-order valence-corrected chi connectivity index (χ2v) is 14.9. The minimum absolute atomic E-state index is 1.24. The quantitative estimate of drug-likeness (QED) is 0.168. The summed E-state index contributed by atoms with van der Waals surface area (Å²) >= 11 is 5.77. The molecule has 0 aliphatic heterocycles. The van der Waals surface area contributed by atoms with Gasteiger partial charge in [0.25, 0.3) is 0 Å². The third-order valence-corrected chi connectivity index (χ3v) is 12.6. The zero-order chi connectivity index (χ0) is 31.2. The Morgan fingerprint density at radius 1 is 0.255 bits per heavy atom. The van der Waals surface area contributed by atoms with Crippen LogP contribution in [0, 0.1) is 0 Å². The van der Waals surface area contributed by atoms with E-state index in [0.29, 0.717) is 0 Å². The van der Waals surface area contributed by atoms with E-state index < -0.39 is 0 Å². The first-order valence-electron chi connectivity index (χ1n) is 15.7. The van der Waals surface area contributed by atoms with E-state index >= 15 is 0 Å². The van der Waals surface area contributed by atoms with Crippen LogP contribution in [-0.2, 0) is 0 Å². The lowest BCUT2D eigenvalue weighted by Crippen LogP contribution is -1.84. The van der Waals surface area contributed by atoms with Crippen LogP contribution >= 0.6 is 34.0 Å². The number of rotatable bonds is 6. The molecule has 0 unspecified atom stereocenters. The molecule has 47 heavy (non-hydrogen) atoms. The van der Waals surface area contributed by atoms with Crippen molar-refractivity contribution < 1.29 is 0 Å². The van der Waals surface area contributed by atoms with Crippen LogP contribution in [0.15, 0.2) is 170 Å².